The molecule has 25 heavy (non-hydrogen) atoms. The van der Waals surface area contributed by atoms with Gasteiger partial charge in [0, 0.05) is 53.1 Å². The summed E-state index contributed by atoms with van der Waals surface area (Å²) in [4.78, 5) is 18.2. The van der Waals surface area contributed by atoms with Crippen LogP contribution in [0.4, 0.5) is 0 Å². The Hall–Kier alpha value is -2.26. The minimum atomic E-state index is 0.215. The molecule has 0 fully saturated rings. The molecule has 0 bridgehead atoms. The van der Waals surface area contributed by atoms with Gasteiger partial charge >= 0.3 is 0 Å². The SMILES string of the molecule is Cc1ccc(CCC(=O)N2CCc3[nH]c4ccccc4c3C2)cc1Cl. The normalized spacial score (nSPS) is 13.9. The van der Waals surface area contributed by atoms with Crippen LogP contribution in [0.1, 0.15) is 28.8 Å². The number of hydrogen-bond donors (Lipinski definition) is 1. The molecule has 2 heterocycles. The number of carbonyl (C=O) groups excluding carboxylic acids is 1. The summed E-state index contributed by atoms with van der Waals surface area (Å²) in [6.07, 6.45) is 2.15. The van der Waals surface area contributed by atoms with Gasteiger partial charge in [-0.1, -0.05) is 41.9 Å². The number of H-pyrrole nitrogens is 1. The fraction of sp³-hybridized carbons (Fsp3) is 0.286. The van der Waals surface area contributed by atoms with Crippen molar-refractivity contribution in [2.75, 3.05) is 6.54 Å². The van der Waals surface area contributed by atoms with Gasteiger partial charge in [0.05, 0.1) is 0 Å². The molecule has 2 aromatic carbocycles. The summed E-state index contributed by atoms with van der Waals surface area (Å²) in [7, 11) is 0. The van der Waals surface area contributed by atoms with Crippen molar-refractivity contribution in [3.63, 3.8) is 0 Å². The largest absolute Gasteiger partial charge is 0.358 e. The molecule has 1 aromatic heterocycles. The topological polar surface area (TPSA) is 36.1 Å². The lowest BCUT2D eigenvalue weighted by molar-refractivity contribution is -0.132. The fourth-order valence-corrected chi connectivity index (χ4v) is 3.78. The van der Waals surface area contributed by atoms with E-state index in [2.05, 4.69) is 29.2 Å². The van der Waals surface area contributed by atoms with Gasteiger partial charge in [0.25, 0.3) is 0 Å². The van der Waals surface area contributed by atoms with Crippen LogP contribution in [0.5, 0.6) is 0 Å². The lowest BCUT2D eigenvalue weighted by Crippen LogP contribution is -2.35. The first-order valence-corrected chi connectivity index (χ1v) is 9.11. The predicted molar refractivity (Wildman–Crippen MR) is 102 cm³/mol. The standard InChI is InChI=1S/C21H21ClN2O/c1-14-6-7-15(12-18(14)22)8-9-21(25)24-11-10-20-17(13-24)16-4-2-3-5-19(16)23-20/h2-7,12,23H,8-11,13H2,1H3. The molecule has 1 N–H and O–H groups in total. The van der Waals surface area contributed by atoms with Crippen molar-refractivity contribution < 1.29 is 4.79 Å². The van der Waals surface area contributed by atoms with Crippen LogP contribution in [0.15, 0.2) is 42.5 Å². The zero-order valence-corrected chi connectivity index (χ0v) is 15.1. The number of rotatable bonds is 3. The maximum Gasteiger partial charge on any atom is 0.223 e. The molecule has 1 aliphatic heterocycles. The molecule has 0 radical (unpaired) electrons. The van der Waals surface area contributed by atoms with Gasteiger partial charge in [-0.25, -0.2) is 0 Å². The predicted octanol–water partition coefficient (Wildman–Crippen LogP) is 4.65. The third-order valence-electron chi connectivity index (χ3n) is 5.10. The lowest BCUT2D eigenvalue weighted by atomic mass is 10.0. The number of nitrogens with one attached hydrogen (secondary N) is 1. The quantitative estimate of drug-likeness (QED) is 0.732. The van der Waals surface area contributed by atoms with E-state index in [4.69, 9.17) is 11.6 Å². The summed E-state index contributed by atoms with van der Waals surface area (Å²) >= 11 is 6.18. The van der Waals surface area contributed by atoms with Gasteiger partial charge in [-0.3, -0.25) is 4.79 Å². The van der Waals surface area contributed by atoms with E-state index in [1.165, 1.54) is 16.6 Å². The van der Waals surface area contributed by atoms with Crippen LogP contribution < -0.4 is 0 Å². The average Bonchev–Trinajstić information content (AvgIpc) is 3.00. The van der Waals surface area contributed by atoms with Crippen molar-refractivity contribution in [2.24, 2.45) is 0 Å². The maximum atomic E-state index is 12.7. The lowest BCUT2D eigenvalue weighted by Gasteiger charge is -2.27. The molecule has 4 heteroatoms. The molecular formula is C21H21ClN2O. The minimum absolute atomic E-state index is 0.215. The van der Waals surface area contributed by atoms with Crippen LogP contribution in [0, 0.1) is 6.92 Å². The molecule has 4 rings (SSSR count). The molecule has 3 nitrogen and oxygen atoms in total. The average molecular weight is 353 g/mol. The van der Waals surface area contributed by atoms with Crippen LogP contribution >= 0.6 is 11.6 Å². The van der Waals surface area contributed by atoms with E-state index < -0.39 is 0 Å². The van der Waals surface area contributed by atoms with Crippen LogP contribution in [-0.4, -0.2) is 22.3 Å². The zero-order chi connectivity index (χ0) is 17.4. The zero-order valence-electron chi connectivity index (χ0n) is 14.3. The molecular weight excluding hydrogens is 332 g/mol. The van der Waals surface area contributed by atoms with Crippen LogP contribution in [-0.2, 0) is 24.2 Å². The number of nitrogens with zero attached hydrogens (tertiary/aromatic N) is 1. The number of carbonyl (C=O) groups is 1. The van der Waals surface area contributed by atoms with Crippen molar-refractivity contribution in [1.29, 1.82) is 0 Å². The van der Waals surface area contributed by atoms with E-state index in [0.29, 0.717) is 13.0 Å². The van der Waals surface area contributed by atoms with Crippen molar-refractivity contribution >= 4 is 28.4 Å². The second kappa shape index (κ2) is 6.57. The molecule has 1 amide bonds. The van der Waals surface area contributed by atoms with Crippen LogP contribution in [0.3, 0.4) is 0 Å². The van der Waals surface area contributed by atoms with Crippen molar-refractivity contribution in [2.45, 2.75) is 32.7 Å². The fourth-order valence-electron chi connectivity index (χ4n) is 3.58. The highest BCUT2D eigenvalue weighted by atomic mass is 35.5. The number of aryl methyl sites for hydroxylation is 2. The number of fused-ring (bicyclic) bond motifs is 3. The highest BCUT2D eigenvalue weighted by Gasteiger charge is 2.23. The summed E-state index contributed by atoms with van der Waals surface area (Å²) < 4.78 is 0. The Labute approximate surface area is 152 Å². The number of para-hydroxylation sites is 1. The van der Waals surface area contributed by atoms with E-state index >= 15 is 0 Å². The highest BCUT2D eigenvalue weighted by Crippen LogP contribution is 2.28. The number of halogens is 1. The summed E-state index contributed by atoms with van der Waals surface area (Å²) in [5.41, 5.74) is 5.90. The number of aromatic nitrogens is 1. The van der Waals surface area contributed by atoms with Gasteiger partial charge in [0.2, 0.25) is 5.91 Å². The van der Waals surface area contributed by atoms with E-state index in [0.717, 1.165) is 41.1 Å². The van der Waals surface area contributed by atoms with Gasteiger partial charge in [0.15, 0.2) is 0 Å². The van der Waals surface area contributed by atoms with Crippen molar-refractivity contribution in [3.8, 4) is 0 Å². The first-order chi connectivity index (χ1) is 12.1. The number of amides is 1. The third-order valence-corrected chi connectivity index (χ3v) is 5.51. The Balaban J connectivity index is 1.45. The van der Waals surface area contributed by atoms with Gasteiger partial charge < -0.3 is 9.88 Å². The Morgan fingerprint density at radius 3 is 2.92 bits per heavy atom. The van der Waals surface area contributed by atoms with Gasteiger partial charge in [-0.05, 0) is 36.6 Å². The van der Waals surface area contributed by atoms with Crippen LogP contribution in [0.25, 0.3) is 10.9 Å². The first kappa shape index (κ1) is 16.2. The molecule has 1 aliphatic rings. The second-order valence-corrected chi connectivity index (χ2v) is 7.18. The smallest absolute Gasteiger partial charge is 0.223 e. The van der Waals surface area contributed by atoms with E-state index in [1.807, 2.05) is 30.0 Å². The molecule has 3 aromatic rings. The van der Waals surface area contributed by atoms with E-state index in [9.17, 15) is 4.79 Å². The van der Waals surface area contributed by atoms with Crippen molar-refractivity contribution in [1.82, 2.24) is 9.88 Å². The Bertz CT molecular complexity index is 944. The Morgan fingerprint density at radius 1 is 1.24 bits per heavy atom. The molecule has 0 spiro atoms. The molecule has 0 saturated carbocycles. The summed E-state index contributed by atoms with van der Waals surface area (Å²) in [6, 6.07) is 14.4. The Kier molecular flexibility index (Phi) is 4.26. The highest BCUT2D eigenvalue weighted by molar-refractivity contribution is 6.31. The maximum absolute atomic E-state index is 12.7. The molecule has 0 saturated heterocycles. The van der Waals surface area contributed by atoms with Crippen LogP contribution in [0.2, 0.25) is 5.02 Å². The van der Waals surface area contributed by atoms with E-state index in [1.54, 1.807) is 0 Å². The summed E-state index contributed by atoms with van der Waals surface area (Å²) in [5, 5.41) is 2.01. The molecule has 128 valence electrons. The third kappa shape index (κ3) is 3.16. The molecule has 0 aliphatic carbocycles. The van der Waals surface area contributed by atoms with Gasteiger partial charge in [0.1, 0.15) is 0 Å². The molecule has 0 unspecified atom stereocenters. The number of hydrogen-bond acceptors (Lipinski definition) is 1. The second-order valence-electron chi connectivity index (χ2n) is 6.78. The Morgan fingerprint density at radius 2 is 2.08 bits per heavy atom. The monoisotopic (exact) mass is 352 g/mol. The number of benzene rings is 2. The summed E-state index contributed by atoms with van der Waals surface area (Å²) in [5.74, 6) is 0.215. The van der Waals surface area contributed by atoms with Gasteiger partial charge in [-0.15, -0.1) is 0 Å². The summed E-state index contributed by atoms with van der Waals surface area (Å²) in [6.45, 7) is 3.48. The van der Waals surface area contributed by atoms with Gasteiger partial charge in [-0.2, -0.15) is 0 Å². The molecule has 0 atom stereocenters. The first-order valence-electron chi connectivity index (χ1n) is 8.73. The van der Waals surface area contributed by atoms with Crippen molar-refractivity contribution in [3.05, 3.63) is 69.9 Å². The minimum Gasteiger partial charge on any atom is -0.358 e. The number of aromatic amines is 1. The van der Waals surface area contributed by atoms with E-state index in [-0.39, 0.29) is 5.91 Å².